The van der Waals surface area contributed by atoms with E-state index in [0.29, 0.717) is 11.6 Å². The SMILES string of the molecule is O=c1sc(C=C2C=NN=C2c2ccccc2)c(S)n1Cc1ccccc1. The van der Waals surface area contributed by atoms with Crippen LogP contribution in [-0.2, 0) is 6.54 Å². The lowest BCUT2D eigenvalue weighted by atomic mass is 10.0. The molecule has 0 aliphatic carbocycles. The normalized spacial score (nSPS) is 14.8. The molecular weight excluding hydrogens is 362 g/mol. The fraction of sp³-hybridized carbons (Fsp3) is 0.0500. The van der Waals surface area contributed by atoms with Gasteiger partial charge in [-0.3, -0.25) is 9.36 Å². The fourth-order valence-corrected chi connectivity index (χ4v) is 4.02. The van der Waals surface area contributed by atoms with Crippen LogP contribution in [0.1, 0.15) is 16.0 Å². The zero-order valence-corrected chi connectivity index (χ0v) is 15.5. The molecule has 0 fully saturated rings. The number of thiol groups is 1. The maximum Gasteiger partial charge on any atom is 0.308 e. The first-order chi connectivity index (χ1) is 12.7. The van der Waals surface area contributed by atoms with Gasteiger partial charge in [0.25, 0.3) is 0 Å². The average Bonchev–Trinajstić information content (AvgIpc) is 3.24. The van der Waals surface area contributed by atoms with Gasteiger partial charge in [-0.2, -0.15) is 5.10 Å². The number of hydrogen-bond acceptors (Lipinski definition) is 5. The first kappa shape index (κ1) is 16.8. The Morgan fingerprint density at radius 2 is 1.73 bits per heavy atom. The Morgan fingerprint density at radius 1 is 1.04 bits per heavy atom. The molecule has 0 atom stereocenters. The number of allylic oxidation sites excluding steroid dienone is 1. The third-order valence-electron chi connectivity index (χ3n) is 4.04. The van der Waals surface area contributed by atoms with Crippen molar-refractivity contribution in [1.29, 1.82) is 0 Å². The number of thiazole rings is 1. The van der Waals surface area contributed by atoms with E-state index in [9.17, 15) is 4.79 Å². The largest absolute Gasteiger partial charge is 0.308 e. The van der Waals surface area contributed by atoms with Gasteiger partial charge in [0, 0.05) is 11.1 Å². The summed E-state index contributed by atoms with van der Waals surface area (Å²) in [6, 6.07) is 19.8. The minimum Gasteiger partial charge on any atom is -0.289 e. The monoisotopic (exact) mass is 377 g/mol. The van der Waals surface area contributed by atoms with Crippen LogP contribution in [0.3, 0.4) is 0 Å². The van der Waals surface area contributed by atoms with Crippen LogP contribution in [0.25, 0.3) is 6.08 Å². The van der Waals surface area contributed by atoms with Crippen molar-refractivity contribution in [3.05, 3.63) is 91.9 Å². The smallest absolute Gasteiger partial charge is 0.289 e. The average molecular weight is 377 g/mol. The quantitative estimate of drug-likeness (QED) is 0.683. The molecule has 128 valence electrons. The van der Waals surface area contributed by atoms with Gasteiger partial charge in [0.2, 0.25) is 0 Å². The Bertz CT molecular complexity index is 1080. The summed E-state index contributed by atoms with van der Waals surface area (Å²) in [5, 5.41) is 8.91. The Labute approximate surface area is 160 Å². The molecule has 1 aromatic heterocycles. The summed E-state index contributed by atoms with van der Waals surface area (Å²) in [4.78, 5) is 13.2. The zero-order chi connectivity index (χ0) is 17.9. The van der Waals surface area contributed by atoms with Crippen molar-refractivity contribution in [2.24, 2.45) is 10.2 Å². The van der Waals surface area contributed by atoms with Crippen molar-refractivity contribution in [2.45, 2.75) is 11.6 Å². The van der Waals surface area contributed by atoms with E-state index in [0.717, 1.165) is 27.3 Å². The molecule has 0 spiro atoms. The summed E-state index contributed by atoms with van der Waals surface area (Å²) in [7, 11) is 0. The zero-order valence-electron chi connectivity index (χ0n) is 13.7. The molecule has 1 aliphatic heterocycles. The number of nitrogens with zero attached hydrogens (tertiary/aromatic N) is 3. The highest BCUT2D eigenvalue weighted by Gasteiger charge is 2.16. The lowest BCUT2D eigenvalue weighted by Gasteiger charge is -2.05. The molecular formula is C20H15N3OS2. The van der Waals surface area contributed by atoms with E-state index in [1.54, 1.807) is 10.8 Å². The maximum atomic E-state index is 12.4. The highest BCUT2D eigenvalue weighted by Crippen LogP contribution is 2.24. The van der Waals surface area contributed by atoms with Gasteiger partial charge in [0.05, 0.1) is 22.7 Å². The molecule has 4 rings (SSSR count). The molecule has 6 heteroatoms. The van der Waals surface area contributed by atoms with Crippen molar-refractivity contribution in [3.8, 4) is 0 Å². The Balaban J connectivity index is 1.68. The van der Waals surface area contributed by atoms with Crippen molar-refractivity contribution >= 4 is 42.0 Å². The van der Waals surface area contributed by atoms with E-state index in [4.69, 9.17) is 0 Å². The highest BCUT2D eigenvalue weighted by molar-refractivity contribution is 7.80. The molecule has 26 heavy (non-hydrogen) atoms. The molecule has 1 aliphatic rings. The summed E-state index contributed by atoms with van der Waals surface area (Å²) in [5.74, 6) is 0. The van der Waals surface area contributed by atoms with Crippen LogP contribution in [0.4, 0.5) is 0 Å². The van der Waals surface area contributed by atoms with Gasteiger partial charge >= 0.3 is 4.87 Å². The lowest BCUT2D eigenvalue weighted by molar-refractivity contribution is 0.713. The van der Waals surface area contributed by atoms with Crippen LogP contribution in [0.15, 0.2) is 86.3 Å². The third-order valence-corrected chi connectivity index (χ3v) is 5.60. The molecule has 0 N–H and O–H groups in total. The molecule has 0 amide bonds. The third kappa shape index (κ3) is 3.34. The second-order valence-corrected chi connectivity index (χ2v) is 7.20. The second-order valence-electron chi connectivity index (χ2n) is 5.79. The predicted molar refractivity (Wildman–Crippen MR) is 111 cm³/mol. The molecule has 3 aromatic rings. The lowest BCUT2D eigenvalue weighted by Crippen LogP contribution is -2.14. The molecule has 0 saturated heterocycles. The van der Waals surface area contributed by atoms with Gasteiger partial charge in [-0.15, -0.1) is 17.7 Å². The maximum absolute atomic E-state index is 12.4. The van der Waals surface area contributed by atoms with Gasteiger partial charge in [0.15, 0.2) is 0 Å². The van der Waals surface area contributed by atoms with E-state index >= 15 is 0 Å². The minimum atomic E-state index is -0.0289. The highest BCUT2D eigenvalue weighted by atomic mass is 32.1. The molecule has 0 unspecified atom stereocenters. The van der Waals surface area contributed by atoms with E-state index in [1.807, 2.05) is 66.7 Å². The van der Waals surface area contributed by atoms with E-state index in [1.165, 1.54) is 11.3 Å². The first-order valence-electron chi connectivity index (χ1n) is 8.07. The van der Waals surface area contributed by atoms with Gasteiger partial charge in [-0.1, -0.05) is 72.0 Å². The van der Waals surface area contributed by atoms with Crippen molar-refractivity contribution in [2.75, 3.05) is 0 Å². The van der Waals surface area contributed by atoms with Crippen LogP contribution < -0.4 is 4.87 Å². The molecule has 0 saturated carbocycles. The van der Waals surface area contributed by atoms with E-state index in [2.05, 4.69) is 22.8 Å². The summed E-state index contributed by atoms with van der Waals surface area (Å²) in [6.45, 7) is 0.506. The Kier molecular flexibility index (Phi) is 4.69. The summed E-state index contributed by atoms with van der Waals surface area (Å²) in [6.07, 6.45) is 3.64. The summed E-state index contributed by atoms with van der Waals surface area (Å²) >= 11 is 5.78. The standard InChI is InChI=1S/C20H15N3OS2/c24-20-23(13-14-7-3-1-4-8-14)19(25)17(26-20)11-16-12-21-22-18(16)15-9-5-2-6-10-15/h1-12,25H,13H2. The van der Waals surface area contributed by atoms with Crippen LogP contribution in [0.5, 0.6) is 0 Å². The van der Waals surface area contributed by atoms with Crippen molar-refractivity contribution in [1.82, 2.24) is 4.57 Å². The summed E-state index contributed by atoms with van der Waals surface area (Å²) < 4.78 is 1.68. The topological polar surface area (TPSA) is 46.7 Å². The van der Waals surface area contributed by atoms with Crippen molar-refractivity contribution in [3.63, 3.8) is 0 Å². The van der Waals surface area contributed by atoms with Gasteiger partial charge in [0.1, 0.15) is 5.71 Å². The number of rotatable bonds is 4. The van der Waals surface area contributed by atoms with Gasteiger partial charge < -0.3 is 0 Å². The number of aromatic nitrogens is 1. The second kappa shape index (κ2) is 7.27. The number of benzene rings is 2. The Hall–Kier alpha value is -2.70. The molecule has 2 heterocycles. The van der Waals surface area contributed by atoms with Gasteiger partial charge in [-0.25, -0.2) is 0 Å². The van der Waals surface area contributed by atoms with Crippen LogP contribution in [0, 0.1) is 0 Å². The number of hydrogen-bond donors (Lipinski definition) is 1. The summed E-state index contributed by atoms with van der Waals surface area (Å²) in [5.41, 5.74) is 3.73. The van der Waals surface area contributed by atoms with Crippen molar-refractivity contribution < 1.29 is 0 Å². The molecule has 0 radical (unpaired) electrons. The van der Waals surface area contributed by atoms with E-state index < -0.39 is 0 Å². The van der Waals surface area contributed by atoms with Crippen LogP contribution in [-0.4, -0.2) is 16.5 Å². The fourth-order valence-electron chi connectivity index (χ4n) is 2.75. The van der Waals surface area contributed by atoms with Gasteiger partial charge in [-0.05, 0) is 11.6 Å². The molecule has 4 nitrogen and oxygen atoms in total. The minimum absolute atomic E-state index is 0.0289. The Morgan fingerprint density at radius 3 is 2.46 bits per heavy atom. The predicted octanol–water partition coefficient (Wildman–Crippen LogP) is 4.12. The van der Waals surface area contributed by atoms with Crippen LogP contribution in [0.2, 0.25) is 0 Å². The molecule has 2 aromatic carbocycles. The molecule has 0 bridgehead atoms. The first-order valence-corrected chi connectivity index (χ1v) is 9.34. The van der Waals surface area contributed by atoms with E-state index in [-0.39, 0.29) is 4.87 Å². The van der Waals surface area contributed by atoms with Crippen LogP contribution >= 0.6 is 24.0 Å².